The van der Waals surface area contributed by atoms with Crippen molar-refractivity contribution in [1.29, 1.82) is 0 Å². The fourth-order valence-electron chi connectivity index (χ4n) is 2.92. The van der Waals surface area contributed by atoms with Gasteiger partial charge in [-0.15, -0.1) is 0 Å². The molecule has 0 aromatic carbocycles. The Labute approximate surface area is 124 Å². The first kappa shape index (κ1) is 16.2. The number of rotatable bonds is 4. The van der Waals surface area contributed by atoms with Crippen molar-refractivity contribution in [2.75, 3.05) is 19.6 Å². The molecule has 0 aromatic heterocycles. The monoisotopic (exact) mass is 319 g/mol. The second kappa shape index (κ2) is 6.29. The van der Waals surface area contributed by atoms with Crippen molar-refractivity contribution in [2.24, 2.45) is 0 Å². The van der Waals surface area contributed by atoms with Crippen molar-refractivity contribution in [3.05, 3.63) is 0 Å². The van der Waals surface area contributed by atoms with Gasteiger partial charge in [-0.25, -0.2) is 0 Å². The molecule has 0 bridgehead atoms. The van der Waals surface area contributed by atoms with E-state index in [0.717, 1.165) is 8.61 Å². The molecule has 120 valence electrons. The number of carboxylic acid groups (broad SMARTS) is 1. The lowest BCUT2D eigenvalue weighted by Gasteiger charge is -2.40. The maximum atomic E-state index is 12.8. The maximum absolute atomic E-state index is 12.8. The van der Waals surface area contributed by atoms with Crippen LogP contribution in [0.25, 0.3) is 0 Å². The number of amides is 1. The Balaban J connectivity index is 2.30. The molecule has 2 aliphatic rings. The summed E-state index contributed by atoms with van der Waals surface area (Å²) in [5, 5.41) is 11.9. The molecular formula is C12H21N3O5S. The number of carbonyl (C=O) groups excluding carboxylic acids is 1. The standard InChI is InChI=1S/C12H21N3O5S/c1-2-9-11(16)13-6-8-15(9)21(19,20)14-7-4-3-5-10(14)12(17)18/h9-10H,2-8H2,1H3,(H,13,16)(H,17,18). The van der Waals surface area contributed by atoms with E-state index in [4.69, 9.17) is 0 Å². The molecule has 2 heterocycles. The van der Waals surface area contributed by atoms with Gasteiger partial charge >= 0.3 is 5.97 Å². The van der Waals surface area contributed by atoms with E-state index in [-0.39, 0.29) is 25.5 Å². The van der Waals surface area contributed by atoms with Gasteiger partial charge in [-0.05, 0) is 25.7 Å². The third kappa shape index (κ3) is 3.04. The summed E-state index contributed by atoms with van der Waals surface area (Å²) in [6, 6.07) is -1.80. The SMILES string of the molecule is CCC1C(=O)NCCN1S(=O)(=O)N1CCCCC1C(=O)O. The molecule has 2 saturated heterocycles. The zero-order valence-corrected chi connectivity index (χ0v) is 12.8. The molecule has 0 saturated carbocycles. The highest BCUT2D eigenvalue weighted by Gasteiger charge is 2.44. The molecule has 2 unspecified atom stereocenters. The first-order valence-corrected chi connectivity index (χ1v) is 8.58. The minimum absolute atomic E-state index is 0.176. The van der Waals surface area contributed by atoms with Gasteiger partial charge in [0.05, 0.1) is 0 Å². The van der Waals surface area contributed by atoms with Crippen LogP contribution < -0.4 is 5.32 Å². The summed E-state index contributed by atoms with van der Waals surface area (Å²) < 4.78 is 27.7. The average Bonchev–Trinajstić information content (AvgIpc) is 2.46. The molecule has 21 heavy (non-hydrogen) atoms. The lowest BCUT2D eigenvalue weighted by molar-refractivity contribution is -0.142. The average molecular weight is 319 g/mol. The zero-order valence-electron chi connectivity index (χ0n) is 12.0. The summed E-state index contributed by atoms with van der Waals surface area (Å²) in [6.07, 6.45) is 2.00. The number of aliphatic carboxylic acids is 1. The Bertz CT molecular complexity index is 507. The van der Waals surface area contributed by atoms with Crippen LogP contribution in [0, 0.1) is 0 Å². The first-order valence-electron chi connectivity index (χ1n) is 7.18. The van der Waals surface area contributed by atoms with Crippen LogP contribution in [-0.4, -0.2) is 65.7 Å². The van der Waals surface area contributed by atoms with Crippen molar-refractivity contribution in [1.82, 2.24) is 13.9 Å². The molecule has 8 nitrogen and oxygen atoms in total. The molecule has 0 aromatic rings. The number of piperazine rings is 1. The highest BCUT2D eigenvalue weighted by Crippen LogP contribution is 2.25. The van der Waals surface area contributed by atoms with E-state index in [1.807, 2.05) is 0 Å². The van der Waals surface area contributed by atoms with Crippen LogP contribution in [0.4, 0.5) is 0 Å². The summed E-state index contributed by atoms with van der Waals surface area (Å²) in [6.45, 7) is 2.35. The molecule has 2 aliphatic heterocycles. The van der Waals surface area contributed by atoms with Gasteiger partial charge < -0.3 is 10.4 Å². The number of nitrogens with zero attached hydrogens (tertiary/aromatic N) is 2. The molecule has 2 N–H and O–H groups in total. The third-order valence-corrected chi connectivity index (χ3v) is 6.06. The topological polar surface area (TPSA) is 107 Å². The van der Waals surface area contributed by atoms with Gasteiger partial charge in [-0.1, -0.05) is 6.92 Å². The second-order valence-corrected chi connectivity index (χ2v) is 7.13. The predicted molar refractivity (Wildman–Crippen MR) is 74.7 cm³/mol. The third-order valence-electron chi connectivity index (χ3n) is 4.00. The number of carbonyl (C=O) groups is 2. The molecule has 0 spiro atoms. The predicted octanol–water partition coefficient (Wildman–Crippen LogP) is -0.619. The van der Waals surface area contributed by atoms with Crippen molar-refractivity contribution >= 4 is 22.1 Å². The van der Waals surface area contributed by atoms with Crippen LogP contribution in [0.3, 0.4) is 0 Å². The quantitative estimate of drug-likeness (QED) is 0.718. The van der Waals surface area contributed by atoms with E-state index in [1.165, 1.54) is 0 Å². The smallest absolute Gasteiger partial charge is 0.322 e. The van der Waals surface area contributed by atoms with Crippen LogP contribution in [-0.2, 0) is 19.8 Å². The van der Waals surface area contributed by atoms with E-state index in [2.05, 4.69) is 5.32 Å². The maximum Gasteiger partial charge on any atom is 0.322 e. The fourth-order valence-corrected chi connectivity index (χ4v) is 4.96. The van der Waals surface area contributed by atoms with E-state index in [9.17, 15) is 23.1 Å². The van der Waals surface area contributed by atoms with Crippen molar-refractivity contribution in [3.8, 4) is 0 Å². The van der Waals surface area contributed by atoms with Crippen molar-refractivity contribution in [3.63, 3.8) is 0 Å². The lowest BCUT2D eigenvalue weighted by Crippen LogP contribution is -2.62. The van der Waals surface area contributed by atoms with Gasteiger partial charge in [-0.2, -0.15) is 17.0 Å². The summed E-state index contributed by atoms with van der Waals surface area (Å²) in [5.41, 5.74) is 0. The highest BCUT2D eigenvalue weighted by atomic mass is 32.2. The van der Waals surface area contributed by atoms with Gasteiger partial charge in [0, 0.05) is 19.6 Å². The van der Waals surface area contributed by atoms with E-state index in [1.54, 1.807) is 6.92 Å². The normalized spacial score (nSPS) is 29.1. The molecular weight excluding hydrogens is 298 g/mol. The van der Waals surface area contributed by atoms with E-state index in [0.29, 0.717) is 25.7 Å². The largest absolute Gasteiger partial charge is 0.480 e. The van der Waals surface area contributed by atoms with Gasteiger partial charge in [0.15, 0.2) is 0 Å². The summed E-state index contributed by atoms with van der Waals surface area (Å²) in [5.74, 6) is -1.45. The van der Waals surface area contributed by atoms with Crippen LogP contribution in [0.2, 0.25) is 0 Å². The van der Waals surface area contributed by atoms with Crippen LogP contribution in [0.15, 0.2) is 0 Å². The molecule has 2 fully saturated rings. The van der Waals surface area contributed by atoms with Gasteiger partial charge in [0.2, 0.25) is 5.91 Å². The number of piperidine rings is 1. The Morgan fingerprint density at radius 1 is 1.33 bits per heavy atom. The lowest BCUT2D eigenvalue weighted by atomic mass is 10.1. The first-order chi connectivity index (χ1) is 9.89. The number of hydrogen-bond acceptors (Lipinski definition) is 4. The molecule has 2 rings (SSSR count). The Morgan fingerprint density at radius 2 is 2.05 bits per heavy atom. The van der Waals surface area contributed by atoms with Gasteiger partial charge in [0.1, 0.15) is 12.1 Å². The minimum atomic E-state index is -3.95. The Morgan fingerprint density at radius 3 is 2.67 bits per heavy atom. The molecule has 9 heteroatoms. The van der Waals surface area contributed by atoms with E-state index >= 15 is 0 Å². The second-order valence-electron chi connectivity index (χ2n) is 5.29. The number of hydrogen-bond donors (Lipinski definition) is 2. The van der Waals surface area contributed by atoms with Crippen molar-refractivity contribution in [2.45, 2.75) is 44.7 Å². The van der Waals surface area contributed by atoms with Crippen LogP contribution in [0.1, 0.15) is 32.6 Å². The zero-order chi connectivity index (χ0) is 15.6. The molecule has 1 amide bonds. The molecule has 2 atom stereocenters. The fraction of sp³-hybridized carbons (Fsp3) is 0.833. The molecule has 0 aliphatic carbocycles. The number of carboxylic acids is 1. The number of nitrogens with one attached hydrogen (secondary N) is 1. The van der Waals surface area contributed by atoms with Crippen LogP contribution >= 0.6 is 0 Å². The summed E-state index contributed by atoms with van der Waals surface area (Å²) in [7, 11) is -3.95. The van der Waals surface area contributed by atoms with E-state index < -0.39 is 28.3 Å². The Hall–Kier alpha value is -1.19. The summed E-state index contributed by atoms with van der Waals surface area (Å²) in [4.78, 5) is 23.1. The van der Waals surface area contributed by atoms with Gasteiger partial charge in [-0.3, -0.25) is 9.59 Å². The van der Waals surface area contributed by atoms with Crippen molar-refractivity contribution < 1.29 is 23.1 Å². The Kier molecular flexibility index (Phi) is 4.84. The minimum Gasteiger partial charge on any atom is -0.480 e. The summed E-state index contributed by atoms with van der Waals surface area (Å²) >= 11 is 0. The van der Waals surface area contributed by atoms with Crippen LogP contribution in [0.5, 0.6) is 0 Å². The van der Waals surface area contributed by atoms with Gasteiger partial charge in [0.25, 0.3) is 10.2 Å². The molecule has 0 radical (unpaired) electrons. The highest BCUT2D eigenvalue weighted by molar-refractivity contribution is 7.86.